The van der Waals surface area contributed by atoms with Crippen molar-refractivity contribution in [2.45, 2.75) is 32.0 Å². The summed E-state index contributed by atoms with van der Waals surface area (Å²) in [6.07, 6.45) is 6.01. The van der Waals surface area contributed by atoms with Gasteiger partial charge in [0.1, 0.15) is 17.5 Å². The van der Waals surface area contributed by atoms with Crippen LogP contribution in [0.4, 0.5) is 0 Å². The van der Waals surface area contributed by atoms with Crippen LogP contribution in [0.3, 0.4) is 0 Å². The molecule has 1 heterocycles. The molecule has 134 valence electrons. The summed E-state index contributed by atoms with van der Waals surface area (Å²) in [5.41, 5.74) is -1.10. The van der Waals surface area contributed by atoms with Gasteiger partial charge in [0.25, 0.3) is 5.91 Å². The molecule has 0 saturated carbocycles. The number of morpholine rings is 1. The highest BCUT2D eigenvalue weighted by Crippen LogP contribution is 2.27. The number of aliphatic hydroxyl groups is 1. The molecule has 2 atom stereocenters. The fourth-order valence-electron chi connectivity index (χ4n) is 2.05. The summed E-state index contributed by atoms with van der Waals surface area (Å²) in [7, 11) is 0. The van der Waals surface area contributed by atoms with Crippen LogP contribution in [0.5, 0.6) is 0 Å². The molecule has 7 nitrogen and oxygen atoms in total. The van der Waals surface area contributed by atoms with Gasteiger partial charge in [0, 0.05) is 24.2 Å². The SMILES string of the molecule is C=C/C=C1/OC(CCNC(=O)C(C)(C)O)CN(S(=O)[O-])/C1=C/C=C. The van der Waals surface area contributed by atoms with Crippen LogP contribution in [0.2, 0.25) is 0 Å². The Bertz CT molecular complexity index is 578. The lowest BCUT2D eigenvalue weighted by atomic mass is 10.1. The summed E-state index contributed by atoms with van der Waals surface area (Å²) < 4.78 is 29.9. The van der Waals surface area contributed by atoms with Gasteiger partial charge in [-0.05, 0) is 26.0 Å². The molecule has 1 rings (SSSR count). The second kappa shape index (κ2) is 8.81. The number of carbonyl (C=O) groups excluding carboxylic acids is 1. The van der Waals surface area contributed by atoms with Crippen molar-refractivity contribution in [3.8, 4) is 0 Å². The number of ether oxygens (including phenoxy) is 1. The van der Waals surface area contributed by atoms with Crippen molar-refractivity contribution in [1.29, 1.82) is 0 Å². The van der Waals surface area contributed by atoms with Gasteiger partial charge in [0.2, 0.25) is 0 Å². The fraction of sp³-hybridized carbons (Fsp3) is 0.438. The first-order valence-corrected chi connectivity index (χ1v) is 8.44. The third kappa shape index (κ3) is 5.63. The third-order valence-corrected chi connectivity index (χ3v) is 3.92. The van der Waals surface area contributed by atoms with Crippen molar-refractivity contribution in [3.05, 3.63) is 48.9 Å². The summed E-state index contributed by atoms with van der Waals surface area (Å²) in [6.45, 7) is 10.3. The molecular formula is C16H23N2O5S-. The summed E-state index contributed by atoms with van der Waals surface area (Å²) in [4.78, 5) is 11.6. The Morgan fingerprint density at radius 3 is 2.62 bits per heavy atom. The van der Waals surface area contributed by atoms with Gasteiger partial charge in [0.05, 0.1) is 12.2 Å². The average Bonchev–Trinajstić information content (AvgIpc) is 2.48. The van der Waals surface area contributed by atoms with Crippen molar-refractivity contribution in [1.82, 2.24) is 9.62 Å². The van der Waals surface area contributed by atoms with Gasteiger partial charge in [-0.3, -0.25) is 13.3 Å². The topological polar surface area (TPSA) is 102 Å². The quantitative estimate of drug-likeness (QED) is 0.661. The molecule has 0 spiro atoms. The lowest BCUT2D eigenvalue weighted by Gasteiger charge is -2.38. The minimum Gasteiger partial charge on any atom is -0.755 e. The van der Waals surface area contributed by atoms with E-state index in [-0.39, 0.29) is 13.1 Å². The molecule has 0 bridgehead atoms. The van der Waals surface area contributed by atoms with Gasteiger partial charge in [-0.2, -0.15) is 0 Å². The normalized spacial score (nSPS) is 22.8. The zero-order valence-corrected chi connectivity index (χ0v) is 14.7. The van der Waals surface area contributed by atoms with Crippen LogP contribution in [-0.4, -0.2) is 48.9 Å². The average molecular weight is 355 g/mol. The molecule has 1 amide bonds. The van der Waals surface area contributed by atoms with Crippen molar-refractivity contribution >= 4 is 17.2 Å². The maximum absolute atomic E-state index is 11.6. The Hall–Kier alpha value is -1.90. The number of hydrogen-bond donors (Lipinski definition) is 2. The number of allylic oxidation sites excluding steroid dienone is 4. The van der Waals surface area contributed by atoms with Gasteiger partial charge in [-0.25, -0.2) is 0 Å². The highest BCUT2D eigenvalue weighted by molar-refractivity contribution is 7.76. The van der Waals surface area contributed by atoms with E-state index in [0.29, 0.717) is 17.9 Å². The van der Waals surface area contributed by atoms with E-state index >= 15 is 0 Å². The maximum Gasteiger partial charge on any atom is 0.251 e. The Morgan fingerprint density at radius 1 is 1.50 bits per heavy atom. The van der Waals surface area contributed by atoms with Crippen LogP contribution in [0.1, 0.15) is 20.3 Å². The van der Waals surface area contributed by atoms with Crippen molar-refractivity contribution in [2.75, 3.05) is 13.1 Å². The number of nitrogens with zero attached hydrogens (tertiary/aromatic N) is 1. The lowest BCUT2D eigenvalue weighted by molar-refractivity contribution is -0.136. The van der Waals surface area contributed by atoms with Crippen LogP contribution in [-0.2, 0) is 20.8 Å². The molecule has 2 N–H and O–H groups in total. The molecule has 24 heavy (non-hydrogen) atoms. The molecule has 0 aromatic heterocycles. The highest BCUT2D eigenvalue weighted by Gasteiger charge is 2.29. The van der Waals surface area contributed by atoms with Crippen molar-refractivity contribution in [2.24, 2.45) is 0 Å². The Kier molecular flexibility index (Phi) is 7.40. The predicted octanol–water partition coefficient (Wildman–Crippen LogP) is 0.898. The number of amides is 1. The van der Waals surface area contributed by atoms with E-state index in [0.717, 1.165) is 0 Å². The van der Waals surface area contributed by atoms with Gasteiger partial charge >= 0.3 is 0 Å². The second-order valence-electron chi connectivity index (χ2n) is 5.68. The van der Waals surface area contributed by atoms with E-state index in [2.05, 4.69) is 18.5 Å². The summed E-state index contributed by atoms with van der Waals surface area (Å²) in [6, 6.07) is 0. The standard InChI is InChI=1S/C16H24N2O5S/c1-5-7-13-14(8-6-2)23-12(11-18(13)24(21)22)9-10-17-15(19)16(3,4)20/h5-8,12,20H,1-2,9-11H2,3-4H3,(H,17,19)(H,21,22)/p-1/b13-7+,14-8+. The molecular weight excluding hydrogens is 332 g/mol. The van der Waals surface area contributed by atoms with Crippen LogP contribution < -0.4 is 5.32 Å². The van der Waals surface area contributed by atoms with Gasteiger partial charge in [-0.15, -0.1) is 0 Å². The van der Waals surface area contributed by atoms with Gasteiger partial charge < -0.3 is 19.7 Å². The van der Waals surface area contributed by atoms with Crippen LogP contribution in [0, 0.1) is 0 Å². The Morgan fingerprint density at radius 2 is 2.12 bits per heavy atom. The van der Waals surface area contributed by atoms with E-state index in [1.54, 1.807) is 6.08 Å². The smallest absolute Gasteiger partial charge is 0.251 e. The number of hydrogen-bond acceptors (Lipinski definition) is 5. The largest absolute Gasteiger partial charge is 0.755 e. The summed E-state index contributed by atoms with van der Waals surface area (Å²) in [5.74, 6) is -0.143. The first-order valence-electron chi connectivity index (χ1n) is 7.40. The number of carbonyl (C=O) groups is 1. The summed E-state index contributed by atoms with van der Waals surface area (Å²) in [5, 5.41) is 12.2. The Labute approximate surface area is 144 Å². The van der Waals surface area contributed by atoms with E-state index < -0.39 is 28.9 Å². The van der Waals surface area contributed by atoms with Crippen LogP contribution >= 0.6 is 0 Å². The molecule has 0 aliphatic carbocycles. The molecule has 1 aliphatic heterocycles. The predicted molar refractivity (Wildman–Crippen MR) is 91.0 cm³/mol. The van der Waals surface area contributed by atoms with Crippen LogP contribution in [0.25, 0.3) is 0 Å². The molecule has 1 saturated heterocycles. The van der Waals surface area contributed by atoms with Crippen molar-refractivity contribution < 1.29 is 23.4 Å². The zero-order chi connectivity index (χ0) is 18.3. The van der Waals surface area contributed by atoms with Gasteiger partial charge in [-0.1, -0.05) is 25.3 Å². The Balaban J connectivity index is 2.81. The van der Waals surface area contributed by atoms with E-state index in [1.165, 1.54) is 36.4 Å². The highest BCUT2D eigenvalue weighted by atomic mass is 32.2. The molecule has 8 heteroatoms. The lowest BCUT2D eigenvalue weighted by Crippen LogP contribution is -2.45. The monoisotopic (exact) mass is 355 g/mol. The molecule has 1 aliphatic rings. The van der Waals surface area contributed by atoms with E-state index in [4.69, 9.17) is 4.74 Å². The first kappa shape index (κ1) is 20.1. The second-order valence-corrected chi connectivity index (χ2v) is 6.55. The number of nitrogens with one attached hydrogen (secondary N) is 1. The number of rotatable bonds is 7. The fourth-order valence-corrected chi connectivity index (χ4v) is 2.65. The third-order valence-electron chi connectivity index (χ3n) is 3.22. The zero-order valence-electron chi connectivity index (χ0n) is 13.9. The molecule has 0 aromatic carbocycles. The van der Waals surface area contributed by atoms with E-state index in [1.807, 2.05) is 0 Å². The molecule has 0 aromatic rings. The molecule has 0 radical (unpaired) electrons. The minimum absolute atomic E-state index is 0.114. The summed E-state index contributed by atoms with van der Waals surface area (Å²) >= 11 is -2.47. The van der Waals surface area contributed by atoms with E-state index in [9.17, 15) is 18.7 Å². The minimum atomic E-state index is -2.47. The van der Waals surface area contributed by atoms with Crippen LogP contribution in [0.15, 0.2) is 48.9 Å². The first-order chi connectivity index (χ1) is 11.2. The van der Waals surface area contributed by atoms with Gasteiger partial charge in [0.15, 0.2) is 0 Å². The van der Waals surface area contributed by atoms with Crippen molar-refractivity contribution in [3.63, 3.8) is 0 Å². The molecule has 2 unspecified atom stereocenters. The molecule has 1 fully saturated rings. The maximum atomic E-state index is 11.6.